The number of fused-ring (bicyclic) bond motifs is 1. The van der Waals surface area contributed by atoms with Crippen LogP contribution in [0.3, 0.4) is 0 Å². The van der Waals surface area contributed by atoms with Crippen LogP contribution in [-0.2, 0) is 4.79 Å². The molecule has 2 aliphatic heterocycles. The Morgan fingerprint density at radius 3 is 2.57 bits per heavy atom. The van der Waals surface area contributed by atoms with Gasteiger partial charge in [-0.3, -0.25) is 14.6 Å². The van der Waals surface area contributed by atoms with Gasteiger partial charge in [-0.25, -0.2) is 4.79 Å². The number of nitrogens with one attached hydrogen (secondary N) is 1. The predicted octanol–water partition coefficient (Wildman–Crippen LogP) is 1.65. The molecule has 3 rings (SSSR count). The van der Waals surface area contributed by atoms with Crippen molar-refractivity contribution in [3.05, 3.63) is 12.2 Å². The summed E-state index contributed by atoms with van der Waals surface area (Å²) in [5, 5.41) is 3.30. The number of hydrogen-bond donors (Lipinski definition) is 1. The number of hydrogen-bond acceptors (Lipinski definition) is 5. The predicted molar refractivity (Wildman–Crippen MR) is 121 cm³/mol. The zero-order chi connectivity index (χ0) is 21.7. The van der Waals surface area contributed by atoms with Crippen molar-refractivity contribution in [3.63, 3.8) is 0 Å². The number of piperazine rings is 1. The van der Waals surface area contributed by atoms with Gasteiger partial charge in [0.25, 0.3) is 0 Å². The number of nitrogens with zero attached hydrogens (tertiary/aromatic N) is 4. The standard InChI is InChI=1S/C23H41N5O2/c1-5-7-28-17-20(15-19-16-22(29)18(3)14-21(19)28)24-23(30)27(6-2)13-12-26-10-8-25(4)9-11-26/h19-21H,3,5-17H2,1-2,4H3,(H,24,30)/t19-,20+,21-/m1/s1. The summed E-state index contributed by atoms with van der Waals surface area (Å²) < 4.78 is 0. The van der Waals surface area contributed by atoms with Gasteiger partial charge in [-0.05, 0) is 51.3 Å². The molecule has 0 radical (unpaired) electrons. The van der Waals surface area contributed by atoms with E-state index in [1.165, 1.54) is 0 Å². The third kappa shape index (κ3) is 5.83. The normalized spacial score (nSPS) is 29.0. The lowest BCUT2D eigenvalue weighted by molar-refractivity contribution is -0.119. The topological polar surface area (TPSA) is 59.1 Å². The average molecular weight is 420 g/mol. The second-order valence-corrected chi connectivity index (χ2v) is 9.36. The summed E-state index contributed by atoms with van der Waals surface area (Å²) in [7, 11) is 2.16. The number of ketones is 1. The fraction of sp³-hybridized carbons (Fsp3) is 0.826. The van der Waals surface area contributed by atoms with E-state index in [2.05, 4.69) is 47.5 Å². The van der Waals surface area contributed by atoms with Gasteiger partial charge in [-0.2, -0.15) is 0 Å². The lowest BCUT2D eigenvalue weighted by Gasteiger charge is -2.47. The largest absolute Gasteiger partial charge is 0.334 e. The van der Waals surface area contributed by atoms with Crippen molar-refractivity contribution in [1.29, 1.82) is 0 Å². The molecule has 0 unspecified atom stereocenters. The maximum absolute atomic E-state index is 13.0. The first-order chi connectivity index (χ1) is 14.4. The van der Waals surface area contributed by atoms with Crippen LogP contribution in [0.5, 0.6) is 0 Å². The SMILES string of the molecule is C=C1C[C@@H]2[C@@H](CC1=O)C[C@H](NC(=O)N(CC)CCN1CCN(C)CC1)CN2CCC. The van der Waals surface area contributed by atoms with E-state index < -0.39 is 0 Å². The second kappa shape index (κ2) is 10.7. The summed E-state index contributed by atoms with van der Waals surface area (Å²) in [4.78, 5) is 34.4. The number of likely N-dealkylation sites (N-methyl/N-ethyl adjacent to an activating group) is 2. The van der Waals surface area contributed by atoms with E-state index >= 15 is 0 Å². The molecule has 2 heterocycles. The van der Waals surface area contributed by atoms with Crippen LogP contribution in [0, 0.1) is 5.92 Å². The first kappa shape index (κ1) is 23.2. The Hall–Kier alpha value is -1.44. The van der Waals surface area contributed by atoms with Crippen molar-refractivity contribution in [2.24, 2.45) is 5.92 Å². The number of carbonyl (C=O) groups excluding carboxylic acids is 2. The zero-order valence-corrected chi connectivity index (χ0v) is 19.2. The van der Waals surface area contributed by atoms with Crippen LogP contribution in [0.4, 0.5) is 4.79 Å². The van der Waals surface area contributed by atoms with E-state index in [-0.39, 0.29) is 17.9 Å². The Bertz CT molecular complexity index is 617. The third-order valence-corrected chi connectivity index (χ3v) is 7.14. The summed E-state index contributed by atoms with van der Waals surface area (Å²) in [6, 6.07) is 0.558. The second-order valence-electron chi connectivity index (χ2n) is 9.36. The van der Waals surface area contributed by atoms with Gasteiger partial charge in [-0.1, -0.05) is 13.5 Å². The van der Waals surface area contributed by atoms with E-state index in [9.17, 15) is 9.59 Å². The van der Waals surface area contributed by atoms with E-state index in [0.717, 1.165) is 83.7 Å². The average Bonchev–Trinajstić information content (AvgIpc) is 2.71. The monoisotopic (exact) mass is 419 g/mol. The molecular weight excluding hydrogens is 378 g/mol. The van der Waals surface area contributed by atoms with Gasteiger partial charge < -0.3 is 15.1 Å². The molecule has 1 aliphatic carbocycles. The van der Waals surface area contributed by atoms with Crippen LogP contribution in [0.1, 0.15) is 39.5 Å². The summed E-state index contributed by atoms with van der Waals surface area (Å²) >= 11 is 0. The highest BCUT2D eigenvalue weighted by Crippen LogP contribution is 2.35. The Morgan fingerprint density at radius 2 is 1.90 bits per heavy atom. The number of Topliss-reactive ketones (excluding diaryl/α,β-unsaturated/α-hetero) is 1. The Kier molecular flexibility index (Phi) is 8.31. The van der Waals surface area contributed by atoms with E-state index in [1.807, 2.05) is 4.90 Å². The Morgan fingerprint density at radius 1 is 1.17 bits per heavy atom. The molecule has 0 spiro atoms. The van der Waals surface area contributed by atoms with Crippen molar-refractivity contribution in [2.75, 3.05) is 66.0 Å². The molecule has 0 aromatic carbocycles. The molecule has 1 saturated carbocycles. The van der Waals surface area contributed by atoms with Crippen molar-refractivity contribution in [1.82, 2.24) is 24.9 Å². The van der Waals surface area contributed by atoms with E-state index in [4.69, 9.17) is 0 Å². The summed E-state index contributed by atoms with van der Waals surface area (Å²) in [5.41, 5.74) is 0.779. The number of likely N-dealkylation sites (tertiary alicyclic amines) is 1. The zero-order valence-electron chi connectivity index (χ0n) is 19.2. The molecule has 170 valence electrons. The van der Waals surface area contributed by atoms with Crippen LogP contribution in [0.15, 0.2) is 12.2 Å². The van der Waals surface area contributed by atoms with Crippen LogP contribution >= 0.6 is 0 Å². The van der Waals surface area contributed by atoms with Crippen LogP contribution in [0.25, 0.3) is 0 Å². The third-order valence-electron chi connectivity index (χ3n) is 7.14. The molecule has 3 fully saturated rings. The maximum Gasteiger partial charge on any atom is 0.317 e. The first-order valence-electron chi connectivity index (χ1n) is 11.8. The molecule has 7 heteroatoms. The maximum atomic E-state index is 13.0. The van der Waals surface area contributed by atoms with E-state index in [0.29, 0.717) is 18.4 Å². The highest BCUT2D eigenvalue weighted by atomic mass is 16.2. The van der Waals surface area contributed by atoms with Gasteiger partial charge in [0.15, 0.2) is 5.78 Å². The fourth-order valence-electron chi connectivity index (χ4n) is 5.23. The molecule has 7 nitrogen and oxygen atoms in total. The molecule has 2 saturated heterocycles. The van der Waals surface area contributed by atoms with Crippen LogP contribution in [-0.4, -0.2) is 109 Å². The molecule has 2 amide bonds. The van der Waals surface area contributed by atoms with Gasteiger partial charge >= 0.3 is 6.03 Å². The van der Waals surface area contributed by atoms with E-state index in [1.54, 1.807) is 0 Å². The Balaban J connectivity index is 1.53. The minimum absolute atomic E-state index is 0.0399. The molecule has 0 aromatic heterocycles. The smallest absolute Gasteiger partial charge is 0.317 e. The van der Waals surface area contributed by atoms with Crippen molar-refractivity contribution in [3.8, 4) is 0 Å². The highest BCUT2D eigenvalue weighted by molar-refractivity contribution is 5.95. The first-order valence-corrected chi connectivity index (χ1v) is 11.8. The number of amides is 2. The van der Waals surface area contributed by atoms with Crippen molar-refractivity contribution < 1.29 is 9.59 Å². The molecular formula is C23H41N5O2. The molecule has 0 bridgehead atoms. The van der Waals surface area contributed by atoms with Gasteiger partial charge in [0.2, 0.25) is 0 Å². The number of piperidine rings is 1. The van der Waals surface area contributed by atoms with Gasteiger partial charge in [0, 0.05) is 70.9 Å². The summed E-state index contributed by atoms with van der Waals surface area (Å²) in [6.45, 7) is 16.9. The van der Waals surface area contributed by atoms with Crippen molar-refractivity contribution in [2.45, 2.75) is 51.6 Å². The van der Waals surface area contributed by atoms with Crippen LogP contribution < -0.4 is 5.32 Å². The fourth-order valence-corrected chi connectivity index (χ4v) is 5.23. The molecule has 30 heavy (non-hydrogen) atoms. The van der Waals surface area contributed by atoms with Gasteiger partial charge in [-0.15, -0.1) is 0 Å². The number of carbonyl (C=O) groups is 2. The lowest BCUT2D eigenvalue weighted by atomic mass is 9.74. The van der Waals surface area contributed by atoms with Gasteiger partial charge in [0.1, 0.15) is 0 Å². The Labute approximate surface area is 182 Å². The number of rotatable bonds is 7. The molecule has 0 aromatic rings. The van der Waals surface area contributed by atoms with Crippen molar-refractivity contribution >= 4 is 11.8 Å². The lowest BCUT2D eigenvalue weighted by Crippen LogP contribution is -2.59. The van der Waals surface area contributed by atoms with Gasteiger partial charge in [0.05, 0.1) is 0 Å². The highest BCUT2D eigenvalue weighted by Gasteiger charge is 2.41. The molecule has 3 aliphatic rings. The minimum atomic E-state index is 0.0399. The minimum Gasteiger partial charge on any atom is -0.334 e. The summed E-state index contributed by atoms with van der Waals surface area (Å²) in [5.74, 6) is 0.538. The summed E-state index contributed by atoms with van der Waals surface area (Å²) in [6.07, 6.45) is 3.34. The number of urea groups is 1. The van der Waals surface area contributed by atoms with Crippen LogP contribution in [0.2, 0.25) is 0 Å². The molecule has 1 N–H and O–H groups in total. The quantitative estimate of drug-likeness (QED) is 0.636. The molecule has 3 atom stereocenters.